The average Bonchev–Trinajstić information content (AvgIpc) is 2.88. The largest absolute Gasteiger partial charge is 0.469 e. The standard InChI is InChI=1S/C14H14ClNO2/c1-16(8-7-13-6-3-9-18-13)14(17)11-4-2-5-12(15)10-11/h2-6,9-10H,7-8H2,1H3. The molecule has 0 N–H and O–H groups in total. The van der Waals surface area contributed by atoms with Crippen LogP contribution in [0.1, 0.15) is 16.1 Å². The molecule has 0 saturated carbocycles. The number of carbonyl (C=O) groups excluding carboxylic acids is 1. The first kappa shape index (κ1) is 12.7. The van der Waals surface area contributed by atoms with Crippen LogP contribution in [0.4, 0.5) is 0 Å². The predicted octanol–water partition coefficient (Wildman–Crippen LogP) is 3.25. The number of carbonyl (C=O) groups is 1. The SMILES string of the molecule is CN(CCc1ccco1)C(=O)c1cccc(Cl)c1. The summed E-state index contributed by atoms with van der Waals surface area (Å²) in [4.78, 5) is 13.8. The summed E-state index contributed by atoms with van der Waals surface area (Å²) in [6.45, 7) is 0.610. The highest BCUT2D eigenvalue weighted by Gasteiger charge is 2.12. The monoisotopic (exact) mass is 263 g/mol. The fourth-order valence-electron chi connectivity index (χ4n) is 1.68. The number of rotatable bonds is 4. The number of hydrogen-bond donors (Lipinski definition) is 0. The van der Waals surface area contributed by atoms with E-state index in [1.807, 2.05) is 12.1 Å². The van der Waals surface area contributed by atoms with Gasteiger partial charge in [-0.3, -0.25) is 4.79 Å². The smallest absolute Gasteiger partial charge is 0.253 e. The van der Waals surface area contributed by atoms with Crippen molar-refractivity contribution in [2.75, 3.05) is 13.6 Å². The lowest BCUT2D eigenvalue weighted by molar-refractivity contribution is 0.0795. The Morgan fingerprint density at radius 1 is 1.33 bits per heavy atom. The summed E-state index contributed by atoms with van der Waals surface area (Å²) in [7, 11) is 1.77. The number of furan rings is 1. The minimum atomic E-state index is -0.0379. The molecule has 1 aromatic carbocycles. The first-order chi connectivity index (χ1) is 8.66. The van der Waals surface area contributed by atoms with E-state index in [2.05, 4.69) is 0 Å². The Bertz CT molecular complexity index is 522. The van der Waals surface area contributed by atoms with E-state index in [-0.39, 0.29) is 5.91 Å². The number of hydrogen-bond acceptors (Lipinski definition) is 2. The van der Waals surface area contributed by atoms with Gasteiger partial charge in [-0.05, 0) is 30.3 Å². The molecule has 0 bridgehead atoms. The molecule has 0 aliphatic carbocycles. The first-order valence-corrected chi connectivity index (χ1v) is 6.08. The van der Waals surface area contributed by atoms with Crippen LogP contribution in [0.3, 0.4) is 0 Å². The Labute approximate surface area is 111 Å². The van der Waals surface area contributed by atoms with Gasteiger partial charge >= 0.3 is 0 Å². The van der Waals surface area contributed by atoms with Crippen LogP contribution in [0.25, 0.3) is 0 Å². The summed E-state index contributed by atoms with van der Waals surface area (Å²) in [5, 5.41) is 0.570. The zero-order valence-electron chi connectivity index (χ0n) is 10.1. The van der Waals surface area contributed by atoms with Crippen LogP contribution in [0.5, 0.6) is 0 Å². The molecule has 1 heterocycles. The van der Waals surface area contributed by atoms with Gasteiger partial charge in [0.05, 0.1) is 6.26 Å². The number of nitrogens with zero attached hydrogens (tertiary/aromatic N) is 1. The van der Waals surface area contributed by atoms with E-state index in [0.29, 0.717) is 23.6 Å². The number of amides is 1. The summed E-state index contributed by atoms with van der Waals surface area (Å²) < 4.78 is 5.23. The van der Waals surface area contributed by atoms with Crippen molar-refractivity contribution in [3.05, 3.63) is 59.0 Å². The molecule has 1 aromatic heterocycles. The van der Waals surface area contributed by atoms with Gasteiger partial charge in [0.15, 0.2) is 0 Å². The lowest BCUT2D eigenvalue weighted by Crippen LogP contribution is -2.28. The third-order valence-electron chi connectivity index (χ3n) is 2.69. The Balaban J connectivity index is 1.96. The van der Waals surface area contributed by atoms with Crippen LogP contribution in [0, 0.1) is 0 Å². The molecule has 0 spiro atoms. The van der Waals surface area contributed by atoms with Crippen LogP contribution in [-0.2, 0) is 6.42 Å². The molecule has 0 saturated heterocycles. The molecule has 2 aromatic rings. The molecule has 3 nitrogen and oxygen atoms in total. The van der Waals surface area contributed by atoms with Crippen LogP contribution in [0.2, 0.25) is 5.02 Å². The number of halogens is 1. The Morgan fingerprint density at radius 2 is 2.17 bits per heavy atom. The number of benzene rings is 1. The van der Waals surface area contributed by atoms with Gasteiger partial charge in [-0.1, -0.05) is 17.7 Å². The molecule has 0 radical (unpaired) electrons. The minimum absolute atomic E-state index is 0.0379. The van der Waals surface area contributed by atoms with Gasteiger partial charge in [0.25, 0.3) is 5.91 Å². The molecule has 0 aliphatic rings. The van der Waals surface area contributed by atoms with Crippen molar-refractivity contribution in [3.8, 4) is 0 Å². The van der Waals surface area contributed by atoms with Crippen molar-refractivity contribution in [2.24, 2.45) is 0 Å². The number of likely N-dealkylation sites (N-methyl/N-ethyl adjacent to an activating group) is 1. The Morgan fingerprint density at radius 3 is 2.83 bits per heavy atom. The average molecular weight is 264 g/mol. The molecule has 4 heteroatoms. The predicted molar refractivity (Wildman–Crippen MR) is 70.8 cm³/mol. The molecule has 2 rings (SSSR count). The lowest BCUT2D eigenvalue weighted by atomic mass is 10.2. The van der Waals surface area contributed by atoms with Crippen molar-refractivity contribution in [1.82, 2.24) is 4.90 Å². The summed E-state index contributed by atoms with van der Waals surface area (Å²) in [6.07, 6.45) is 2.34. The molecule has 18 heavy (non-hydrogen) atoms. The molecule has 0 fully saturated rings. The van der Waals surface area contributed by atoms with Gasteiger partial charge in [0.1, 0.15) is 5.76 Å². The molecule has 0 atom stereocenters. The van der Waals surface area contributed by atoms with Crippen molar-refractivity contribution >= 4 is 17.5 Å². The van der Waals surface area contributed by atoms with Gasteiger partial charge in [-0.2, -0.15) is 0 Å². The summed E-state index contributed by atoms with van der Waals surface area (Å²) >= 11 is 5.87. The van der Waals surface area contributed by atoms with Crippen molar-refractivity contribution < 1.29 is 9.21 Å². The molecule has 0 unspecified atom stereocenters. The van der Waals surface area contributed by atoms with Crippen molar-refractivity contribution in [1.29, 1.82) is 0 Å². The van der Waals surface area contributed by atoms with Crippen LogP contribution >= 0.6 is 11.6 Å². The molecule has 1 amide bonds. The normalized spacial score (nSPS) is 10.3. The second kappa shape index (κ2) is 5.74. The van der Waals surface area contributed by atoms with E-state index in [1.54, 1.807) is 42.5 Å². The molecule has 0 aliphatic heterocycles. The quantitative estimate of drug-likeness (QED) is 0.848. The van der Waals surface area contributed by atoms with Crippen molar-refractivity contribution in [3.63, 3.8) is 0 Å². The van der Waals surface area contributed by atoms with Gasteiger partial charge in [0, 0.05) is 30.6 Å². The van der Waals surface area contributed by atoms with Gasteiger partial charge in [-0.25, -0.2) is 0 Å². The van der Waals surface area contributed by atoms with Crippen LogP contribution in [0.15, 0.2) is 47.1 Å². The molecule has 94 valence electrons. The fraction of sp³-hybridized carbons (Fsp3) is 0.214. The Hall–Kier alpha value is -1.74. The van der Waals surface area contributed by atoms with E-state index >= 15 is 0 Å². The van der Waals surface area contributed by atoms with Crippen molar-refractivity contribution in [2.45, 2.75) is 6.42 Å². The Kier molecular flexibility index (Phi) is 4.05. The van der Waals surface area contributed by atoms with Gasteiger partial charge < -0.3 is 9.32 Å². The minimum Gasteiger partial charge on any atom is -0.469 e. The topological polar surface area (TPSA) is 33.5 Å². The highest BCUT2D eigenvalue weighted by Crippen LogP contribution is 2.12. The maximum atomic E-state index is 12.1. The summed E-state index contributed by atoms with van der Waals surface area (Å²) in [5.74, 6) is 0.838. The third kappa shape index (κ3) is 3.14. The molecular formula is C14H14ClNO2. The third-order valence-corrected chi connectivity index (χ3v) is 2.93. The van der Waals surface area contributed by atoms with E-state index < -0.39 is 0 Å². The van der Waals surface area contributed by atoms with E-state index in [1.165, 1.54) is 0 Å². The first-order valence-electron chi connectivity index (χ1n) is 5.70. The highest BCUT2D eigenvalue weighted by atomic mass is 35.5. The van der Waals surface area contributed by atoms with Crippen LogP contribution < -0.4 is 0 Å². The zero-order chi connectivity index (χ0) is 13.0. The maximum absolute atomic E-state index is 12.1. The highest BCUT2D eigenvalue weighted by molar-refractivity contribution is 6.30. The van der Waals surface area contributed by atoms with Gasteiger partial charge in [0.2, 0.25) is 0 Å². The lowest BCUT2D eigenvalue weighted by Gasteiger charge is -2.16. The summed E-state index contributed by atoms with van der Waals surface area (Å²) in [5.41, 5.74) is 0.601. The fourth-order valence-corrected chi connectivity index (χ4v) is 1.87. The maximum Gasteiger partial charge on any atom is 0.253 e. The van der Waals surface area contributed by atoms with E-state index in [4.69, 9.17) is 16.0 Å². The second-order valence-corrected chi connectivity index (χ2v) is 4.50. The summed E-state index contributed by atoms with van der Waals surface area (Å²) in [6, 6.07) is 10.7. The van der Waals surface area contributed by atoms with Crippen LogP contribution in [-0.4, -0.2) is 24.4 Å². The van der Waals surface area contributed by atoms with Gasteiger partial charge in [-0.15, -0.1) is 0 Å². The van der Waals surface area contributed by atoms with E-state index in [0.717, 1.165) is 5.76 Å². The zero-order valence-corrected chi connectivity index (χ0v) is 10.9. The van der Waals surface area contributed by atoms with E-state index in [9.17, 15) is 4.79 Å². The second-order valence-electron chi connectivity index (χ2n) is 4.07. The molecular weight excluding hydrogens is 250 g/mol.